The summed E-state index contributed by atoms with van der Waals surface area (Å²) in [5.74, 6) is -2.79. The van der Waals surface area contributed by atoms with Crippen molar-refractivity contribution in [2.45, 2.75) is 32.2 Å². The van der Waals surface area contributed by atoms with Crippen LogP contribution in [0.5, 0.6) is 0 Å². The maximum atomic E-state index is 12.0. The van der Waals surface area contributed by atoms with E-state index >= 15 is 0 Å². The Morgan fingerprint density at radius 2 is 1.95 bits per heavy atom. The Bertz CT molecular complexity index is 372. The Hall–Kier alpha value is -1.63. The van der Waals surface area contributed by atoms with Gasteiger partial charge in [-0.3, -0.25) is 14.4 Å². The van der Waals surface area contributed by atoms with E-state index < -0.39 is 23.8 Å². The summed E-state index contributed by atoms with van der Waals surface area (Å²) >= 11 is 0. The summed E-state index contributed by atoms with van der Waals surface area (Å²) in [6.45, 7) is 2.34. The monoisotopic (exact) mass is 286 g/mol. The van der Waals surface area contributed by atoms with Gasteiger partial charge in [-0.05, 0) is 19.8 Å². The van der Waals surface area contributed by atoms with Gasteiger partial charge in [0.2, 0.25) is 11.8 Å². The quantitative estimate of drug-likeness (QED) is 0.560. The molecule has 1 fully saturated rings. The lowest BCUT2D eigenvalue weighted by atomic mass is 9.95. The molecule has 2 amide bonds. The minimum absolute atomic E-state index is 0.305. The Kier molecular flexibility index (Phi) is 6.44. The van der Waals surface area contributed by atoms with E-state index in [0.717, 1.165) is 6.42 Å². The maximum absolute atomic E-state index is 12.0. The zero-order chi connectivity index (χ0) is 15.1. The van der Waals surface area contributed by atoms with Crippen LogP contribution in [-0.2, 0) is 19.1 Å². The number of carbonyl (C=O) groups excluding carboxylic acids is 2. The van der Waals surface area contributed by atoms with E-state index in [1.54, 1.807) is 6.92 Å². The lowest BCUT2D eigenvalue weighted by molar-refractivity contribution is -0.146. The molecular weight excluding hydrogens is 264 g/mol. The highest BCUT2D eigenvalue weighted by Gasteiger charge is 2.38. The summed E-state index contributed by atoms with van der Waals surface area (Å²) in [7, 11) is 1.53. The molecule has 0 heterocycles. The van der Waals surface area contributed by atoms with Crippen LogP contribution in [0.15, 0.2) is 0 Å². The number of rotatable bonds is 7. The second-order valence-electron chi connectivity index (χ2n) is 5.00. The maximum Gasteiger partial charge on any atom is 0.307 e. The third-order valence-electron chi connectivity index (χ3n) is 3.53. The topological polar surface area (TPSA) is 105 Å². The number of methoxy groups -OCH3 is 1. The van der Waals surface area contributed by atoms with Gasteiger partial charge in [-0.2, -0.15) is 0 Å². The Morgan fingerprint density at radius 1 is 1.30 bits per heavy atom. The van der Waals surface area contributed by atoms with E-state index in [1.165, 1.54) is 7.11 Å². The Balaban J connectivity index is 2.44. The first-order valence-electron chi connectivity index (χ1n) is 6.77. The van der Waals surface area contributed by atoms with Crippen molar-refractivity contribution in [1.82, 2.24) is 10.6 Å². The molecule has 1 unspecified atom stereocenters. The van der Waals surface area contributed by atoms with Crippen LogP contribution in [0, 0.1) is 11.8 Å². The van der Waals surface area contributed by atoms with Gasteiger partial charge < -0.3 is 20.5 Å². The molecule has 0 aromatic carbocycles. The van der Waals surface area contributed by atoms with Gasteiger partial charge in [0, 0.05) is 13.7 Å². The molecule has 0 aromatic heterocycles. The standard InChI is InChI=1S/C13H22N2O5/c1-8(11(16)14-6-7-20-2)15-12(17)9-4-3-5-10(9)13(18)19/h8-10H,3-7H2,1-2H3,(H,14,16)(H,15,17)(H,18,19)/t8?,9-,10+/m1/s1. The molecule has 1 aliphatic rings. The fraction of sp³-hybridized carbons (Fsp3) is 0.769. The van der Waals surface area contributed by atoms with Gasteiger partial charge in [-0.1, -0.05) is 6.42 Å². The lowest BCUT2D eigenvalue weighted by Gasteiger charge is -2.19. The minimum Gasteiger partial charge on any atom is -0.481 e. The van der Waals surface area contributed by atoms with Crippen LogP contribution < -0.4 is 10.6 Å². The van der Waals surface area contributed by atoms with Gasteiger partial charge >= 0.3 is 5.97 Å². The summed E-state index contributed by atoms with van der Waals surface area (Å²) in [6.07, 6.45) is 1.80. The number of carboxylic acids is 1. The minimum atomic E-state index is -0.945. The van der Waals surface area contributed by atoms with Gasteiger partial charge in [-0.25, -0.2) is 0 Å². The van der Waals surface area contributed by atoms with Crippen molar-refractivity contribution in [3.05, 3.63) is 0 Å². The lowest BCUT2D eigenvalue weighted by Crippen LogP contribution is -2.48. The number of carboxylic acid groups (broad SMARTS) is 1. The molecule has 7 nitrogen and oxygen atoms in total. The fourth-order valence-electron chi connectivity index (χ4n) is 2.38. The summed E-state index contributed by atoms with van der Waals surface area (Å²) in [6, 6.07) is -0.686. The average Bonchev–Trinajstić information content (AvgIpc) is 2.88. The van der Waals surface area contributed by atoms with Crippen molar-refractivity contribution in [3.63, 3.8) is 0 Å². The molecule has 0 aliphatic heterocycles. The number of aliphatic carboxylic acids is 1. The first-order chi connectivity index (χ1) is 9.47. The normalized spacial score (nSPS) is 23.1. The van der Waals surface area contributed by atoms with Crippen LogP contribution in [-0.4, -0.2) is 49.2 Å². The highest BCUT2D eigenvalue weighted by Crippen LogP contribution is 2.32. The second-order valence-corrected chi connectivity index (χ2v) is 5.00. The Morgan fingerprint density at radius 3 is 2.55 bits per heavy atom. The van der Waals surface area contributed by atoms with Crippen LogP contribution in [0.1, 0.15) is 26.2 Å². The first-order valence-corrected chi connectivity index (χ1v) is 6.77. The molecule has 0 radical (unpaired) electrons. The largest absolute Gasteiger partial charge is 0.481 e. The van der Waals surface area contributed by atoms with Gasteiger partial charge in [0.25, 0.3) is 0 Å². The van der Waals surface area contributed by atoms with E-state index in [9.17, 15) is 14.4 Å². The van der Waals surface area contributed by atoms with Crippen molar-refractivity contribution in [3.8, 4) is 0 Å². The van der Waals surface area contributed by atoms with Crippen LogP contribution in [0.25, 0.3) is 0 Å². The second kappa shape index (κ2) is 7.84. The predicted molar refractivity (Wildman–Crippen MR) is 71.0 cm³/mol. The smallest absolute Gasteiger partial charge is 0.307 e. The van der Waals surface area contributed by atoms with Crippen LogP contribution in [0.3, 0.4) is 0 Å². The molecule has 3 atom stereocenters. The van der Waals surface area contributed by atoms with E-state index in [0.29, 0.717) is 26.0 Å². The molecule has 1 rings (SSSR count). The summed E-state index contributed by atoms with van der Waals surface area (Å²) in [4.78, 5) is 34.7. The predicted octanol–water partition coefficient (Wildman–Crippen LogP) is -0.245. The molecule has 0 spiro atoms. The molecule has 0 aromatic rings. The van der Waals surface area contributed by atoms with Crippen molar-refractivity contribution < 1.29 is 24.2 Å². The van der Waals surface area contributed by atoms with Gasteiger partial charge in [0.1, 0.15) is 6.04 Å². The highest BCUT2D eigenvalue weighted by atomic mass is 16.5. The van der Waals surface area contributed by atoms with E-state index in [1.807, 2.05) is 0 Å². The zero-order valence-corrected chi connectivity index (χ0v) is 11.8. The number of ether oxygens (including phenoxy) is 1. The van der Waals surface area contributed by atoms with E-state index in [4.69, 9.17) is 9.84 Å². The zero-order valence-electron chi connectivity index (χ0n) is 11.8. The molecule has 7 heteroatoms. The first kappa shape index (κ1) is 16.4. The number of hydrogen-bond donors (Lipinski definition) is 3. The number of carbonyl (C=O) groups is 3. The number of nitrogens with one attached hydrogen (secondary N) is 2. The average molecular weight is 286 g/mol. The summed E-state index contributed by atoms with van der Waals surface area (Å²) in [5, 5.41) is 14.2. The third kappa shape index (κ3) is 4.48. The summed E-state index contributed by atoms with van der Waals surface area (Å²) in [5.41, 5.74) is 0. The molecule has 0 saturated heterocycles. The SMILES string of the molecule is COCCNC(=O)C(C)NC(=O)[C@@H]1CCC[C@@H]1C(=O)O. The number of hydrogen-bond acceptors (Lipinski definition) is 4. The number of amides is 2. The molecular formula is C13H22N2O5. The van der Waals surface area contributed by atoms with E-state index in [2.05, 4.69) is 10.6 Å². The van der Waals surface area contributed by atoms with E-state index in [-0.39, 0.29) is 11.8 Å². The highest BCUT2D eigenvalue weighted by molar-refractivity contribution is 5.90. The van der Waals surface area contributed by atoms with Gasteiger partial charge in [0.15, 0.2) is 0 Å². The molecule has 1 aliphatic carbocycles. The van der Waals surface area contributed by atoms with Gasteiger partial charge in [0.05, 0.1) is 18.4 Å². The molecule has 20 heavy (non-hydrogen) atoms. The third-order valence-corrected chi connectivity index (χ3v) is 3.53. The molecule has 0 bridgehead atoms. The molecule has 3 N–H and O–H groups in total. The summed E-state index contributed by atoms with van der Waals surface area (Å²) < 4.78 is 4.81. The van der Waals surface area contributed by atoms with Crippen molar-refractivity contribution >= 4 is 17.8 Å². The fourth-order valence-corrected chi connectivity index (χ4v) is 2.38. The van der Waals surface area contributed by atoms with Gasteiger partial charge in [-0.15, -0.1) is 0 Å². The molecule has 1 saturated carbocycles. The van der Waals surface area contributed by atoms with Crippen LogP contribution in [0.4, 0.5) is 0 Å². The Labute approximate surface area is 118 Å². The van der Waals surface area contributed by atoms with Crippen molar-refractivity contribution in [1.29, 1.82) is 0 Å². The van der Waals surface area contributed by atoms with Crippen molar-refractivity contribution in [2.24, 2.45) is 11.8 Å². The van der Waals surface area contributed by atoms with Crippen LogP contribution in [0.2, 0.25) is 0 Å². The van der Waals surface area contributed by atoms with Crippen molar-refractivity contribution in [2.75, 3.05) is 20.3 Å². The molecule has 114 valence electrons. The van der Waals surface area contributed by atoms with Crippen LogP contribution >= 0.6 is 0 Å².